The minimum absolute atomic E-state index is 0.410. The third-order valence-corrected chi connectivity index (χ3v) is 3.87. The predicted molar refractivity (Wildman–Crippen MR) is 95.2 cm³/mol. The Kier molecular flexibility index (Phi) is 4.39. The largest absolute Gasteiger partial charge is 0.489 e. The number of nitrogens with zero attached hydrogens (tertiary/aromatic N) is 2. The fourth-order valence-electron chi connectivity index (χ4n) is 2.47. The first kappa shape index (κ1) is 15.6. The second kappa shape index (κ2) is 6.47. The molecular weight excluding hydrogens is 308 g/mol. The van der Waals surface area contributed by atoms with Crippen LogP contribution in [0.2, 0.25) is 0 Å². The van der Waals surface area contributed by atoms with Gasteiger partial charge in [0.15, 0.2) is 0 Å². The number of hydrogen-bond donors (Lipinski definition) is 0. The van der Waals surface area contributed by atoms with Crippen LogP contribution in [0.1, 0.15) is 18.2 Å². The van der Waals surface area contributed by atoms with Crippen LogP contribution in [0.25, 0.3) is 16.9 Å². The van der Waals surface area contributed by atoms with Gasteiger partial charge in [0.05, 0.1) is 17.3 Å². The fraction of sp³-hybridized carbons (Fsp3) is 0.211. The highest BCUT2D eigenvalue weighted by Crippen LogP contribution is 2.27. The molecule has 0 bridgehead atoms. The number of aromatic nitrogens is 2. The molecule has 2 aromatic heterocycles. The van der Waals surface area contributed by atoms with Gasteiger partial charge < -0.3 is 9.14 Å². The molecule has 0 unspecified atom stereocenters. The molecule has 4 heteroatoms. The van der Waals surface area contributed by atoms with E-state index >= 15 is 0 Å². The number of halogens is 1. The van der Waals surface area contributed by atoms with Gasteiger partial charge in [-0.15, -0.1) is 11.6 Å². The third kappa shape index (κ3) is 3.25. The van der Waals surface area contributed by atoms with Gasteiger partial charge in [0, 0.05) is 11.8 Å². The molecule has 0 spiro atoms. The summed E-state index contributed by atoms with van der Waals surface area (Å²) in [6.07, 6.45) is 2.02. The van der Waals surface area contributed by atoms with Crippen molar-refractivity contribution in [3.63, 3.8) is 0 Å². The van der Waals surface area contributed by atoms with Crippen molar-refractivity contribution >= 4 is 17.2 Å². The van der Waals surface area contributed by atoms with E-state index in [4.69, 9.17) is 21.3 Å². The van der Waals surface area contributed by atoms with E-state index in [1.54, 1.807) is 0 Å². The SMILES string of the molecule is C=C(C)COc1ccc(-c2nc3cc(C)ccn3c2CCl)cc1. The molecule has 0 amide bonds. The van der Waals surface area contributed by atoms with E-state index in [0.29, 0.717) is 12.5 Å². The summed E-state index contributed by atoms with van der Waals surface area (Å²) < 4.78 is 7.68. The molecule has 0 radical (unpaired) electrons. The number of rotatable bonds is 5. The zero-order valence-electron chi connectivity index (χ0n) is 13.3. The zero-order valence-corrected chi connectivity index (χ0v) is 14.1. The number of pyridine rings is 1. The Morgan fingerprint density at radius 1 is 1.26 bits per heavy atom. The molecule has 0 fully saturated rings. The van der Waals surface area contributed by atoms with Crippen molar-refractivity contribution in [1.82, 2.24) is 9.38 Å². The Hall–Kier alpha value is -2.26. The average molecular weight is 327 g/mol. The maximum absolute atomic E-state index is 6.16. The van der Waals surface area contributed by atoms with Crippen LogP contribution in [0.3, 0.4) is 0 Å². The molecule has 118 valence electrons. The lowest BCUT2D eigenvalue weighted by Crippen LogP contribution is -1.97. The van der Waals surface area contributed by atoms with E-state index in [2.05, 4.69) is 25.6 Å². The van der Waals surface area contributed by atoms with Gasteiger partial charge in [0.1, 0.15) is 18.0 Å². The summed E-state index contributed by atoms with van der Waals surface area (Å²) in [5, 5.41) is 0. The Bertz CT molecular complexity index is 850. The van der Waals surface area contributed by atoms with Gasteiger partial charge in [-0.05, 0) is 61.4 Å². The molecule has 3 nitrogen and oxygen atoms in total. The van der Waals surface area contributed by atoms with E-state index < -0.39 is 0 Å². The minimum atomic E-state index is 0.410. The first-order valence-corrected chi connectivity index (χ1v) is 8.03. The molecule has 0 saturated heterocycles. The summed E-state index contributed by atoms with van der Waals surface area (Å²) in [7, 11) is 0. The number of aryl methyl sites for hydroxylation is 1. The molecule has 0 saturated carbocycles. The predicted octanol–water partition coefficient (Wildman–Crippen LogP) is 5.00. The van der Waals surface area contributed by atoms with E-state index in [1.165, 1.54) is 5.56 Å². The number of imidazole rings is 1. The van der Waals surface area contributed by atoms with Crippen LogP contribution >= 0.6 is 11.6 Å². The molecule has 23 heavy (non-hydrogen) atoms. The van der Waals surface area contributed by atoms with E-state index in [0.717, 1.165) is 33.9 Å². The highest BCUT2D eigenvalue weighted by atomic mass is 35.5. The van der Waals surface area contributed by atoms with Crippen molar-refractivity contribution in [3.8, 4) is 17.0 Å². The van der Waals surface area contributed by atoms with Gasteiger partial charge in [-0.1, -0.05) is 6.58 Å². The van der Waals surface area contributed by atoms with E-state index in [1.807, 2.05) is 41.8 Å². The van der Waals surface area contributed by atoms with E-state index in [9.17, 15) is 0 Å². The second-order valence-corrected chi connectivity index (χ2v) is 6.01. The van der Waals surface area contributed by atoms with Crippen molar-refractivity contribution in [3.05, 3.63) is 66.0 Å². The molecule has 3 aromatic rings. The Morgan fingerprint density at radius 3 is 2.65 bits per heavy atom. The molecule has 3 rings (SSSR count). The number of alkyl halides is 1. The summed E-state index contributed by atoms with van der Waals surface area (Å²) in [5.41, 5.74) is 6.03. The summed E-state index contributed by atoms with van der Waals surface area (Å²) >= 11 is 6.16. The Labute approximate surface area is 141 Å². The van der Waals surface area contributed by atoms with Crippen molar-refractivity contribution < 1.29 is 4.74 Å². The molecule has 0 atom stereocenters. The van der Waals surface area contributed by atoms with Crippen molar-refractivity contribution in [1.29, 1.82) is 0 Å². The standard InChI is InChI=1S/C19H19ClN2O/c1-13(2)12-23-16-6-4-15(5-7-16)19-17(11-20)22-9-8-14(3)10-18(22)21-19/h4-10H,1,11-12H2,2-3H3. The number of fused-ring (bicyclic) bond motifs is 1. The first-order chi connectivity index (χ1) is 11.1. The topological polar surface area (TPSA) is 26.5 Å². The molecule has 2 heterocycles. The van der Waals surface area contributed by atoms with Crippen LogP contribution in [0.15, 0.2) is 54.7 Å². The van der Waals surface area contributed by atoms with Crippen molar-refractivity contribution in [2.75, 3.05) is 6.61 Å². The van der Waals surface area contributed by atoms with Gasteiger partial charge in [-0.2, -0.15) is 0 Å². The minimum Gasteiger partial charge on any atom is -0.489 e. The number of hydrogen-bond acceptors (Lipinski definition) is 2. The lowest BCUT2D eigenvalue weighted by Gasteiger charge is -2.07. The normalized spacial score (nSPS) is 10.9. The molecule has 0 aliphatic heterocycles. The Balaban J connectivity index is 1.97. The summed E-state index contributed by atoms with van der Waals surface area (Å²) in [4.78, 5) is 4.74. The Morgan fingerprint density at radius 2 is 2.00 bits per heavy atom. The van der Waals surface area contributed by atoms with Gasteiger partial charge in [0.25, 0.3) is 0 Å². The highest BCUT2D eigenvalue weighted by Gasteiger charge is 2.13. The lowest BCUT2D eigenvalue weighted by molar-refractivity contribution is 0.353. The van der Waals surface area contributed by atoms with Crippen LogP contribution < -0.4 is 4.74 Å². The van der Waals surface area contributed by atoms with Crippen LogP contribution in [0.4, 0.5) is 0 Å². The first-order valence-electron chi connectivity index (χ1n) is 7.49. The fourth-order valence-corrected chi connectivity index (χ4v) is 2.73. The highest BCUT2D eigenvalue weighted by molar-refractivity contribution is 6.17. The molecule has 0 N–H and O–H groups in total. The number of benzene rings is 1. The second-order valence-electron chi connectivity index (χ2n) is 5.74. The molecule has 0 aliphatic carbocycles. The quantitative estimate of drug-likeness (QED) is 0.487. The molecule has 0 aliphatic rings. The smallest absolute Gasteiger partial charge is 0.137 e. The monoisotopic (exact) mass is 326 g/mol. The van der Waals surface area contributed by atoms with Crippen LogP contribution in [0, 0.1) is 6.92 Å². The van der Waals surface area contributed by atoms with Crippen LogP contribution in [-0.2, 0) is 5.88 Å². The zero-order chi connectivity index (χ0) is 16.4. The molecule has 1 aromatic carbocycles. The summed E-state index contributed by atoms with van der Waals surface area (Å²) in [5.74, 6) is 1.23. The van der Waals surface area contributed by atoms with Crippen molar-refractivity contribution in [2.24, 2.45) is 0 Å². The van der Waals surface area contributed by atoms with Gasteiger partial charge >= 0.3 is 0 Å². The lowest BCUT2D eigenvalue weighted by atomic mass is 10.1. The summed E-state index contributed by atoms with van der Waals surface area (Å²) in [6.45, 7) is 8.37. The average Bonchev–Trinajstić information content (AvgIpc) is 2.90. The van der Waals surface area contributed by atoms with Gasteiger partial charge in [-0.3, -0.25) is 0 Å². The van der Waals surface area contributed by atoms with E-state index in [-0.39, 0.29) is 0 Å². The van der Waals surface area contributed by atoms with Crippen LogP contribution in [0.5, 0.6) is 5.75 Å². The maximum Gasteiger partial charge on any atom is 0.137 e. The van der Waals surface area contributed by atoms with Crippen LogP contribution in [-0.4, -0.2) is 16.0 Å². The third-order valence-electron chi connectivity index (χ3n) is 3.62. The maximum atomic E-state index is 6.16. The van der Waals surface area contributed by atoms with Gasteiger partial charge in [-0.25, -0.2) is 4.98 Å². The van der Waals surface area contributed by atoms with Gasteiger partial charge in [0.2, 0.25) is 0 Å². The molecular formula is C19H19ClN2O. The van der Waals surface area contributed by atoms with Crippen molar-refractivity contribution in [2.45, 2.75) is 19.7 Å². The number of ether oxygens (including phenoxy) is 1. The summed E-state index contributed by atoms with van der Waals surface area (Å²) in [6, 6.07) is 12.0.